The Bertz CT molecular complexity index is 497. The summed E-state index contributed by atoms with van der Waals surface area (Å²) in [7, 11) is 0. The van der Waals surface area contributed by atoms with Crippen LogP contribution in [0.15, 0.2) is 54.6 Å². The highest BCUT2D eigenvalue weighted by molar-refractivity contribution is 5.70. The molecule has 1 atom stereocenters. The van der Waals surface area contributed by atoms with Crippen LogP contribution in [0.1, 0.15) is 25.8 Å². The Morgan fingerprint density at radius 3 is 2.65 bits per heavy atom. The van der Waals surface area contributed by atoms with E-state index in [0.717, 1.165) is 6.42 Å². The van der Waals surface area contributed by atoms with Crippen LogP contribution in [0.3, 0.4) is 0 Å². The second-order valence-corrected chi connectivity index (χ2v) is 5.83. The fourth-order valence-electron chi connectivity index (χ4n) is 2.37. The van der Waals surface area contributed by atoms with Crippen LogP contribution in [-0.2, 0) is 16.0 Å². The zero-order valence-electron chi connectivity index (χ0n) is 12.2. The molecule has 1 unspecified atom stereocenters. The van der Waals surface area contributed by atoms with Gasteiger partial charge in [0.05, 0.1) is 13.0 Å². The van der Waals surface area contributed by atoms with Gasteiger partial charge in [-0.3, -0.25) is 4.79 Å². The van der Waals surface area contributed by atoms with Gasteiger partial charge in [0.2, 0.25) is 0 Å². The molecule has 0 N–H and O–H groups in total. The zero-order chi connectivity index (χ0) is 14.4. The van der Waals surface area contributed by atoms with Crippen LogP contribution in [0.2, 0.25) is 0 Å². The summed E-state index contributed by atoms with van der Waals surface area (Å²) in [5.41, 5.74) is 1.22. The first-order valence-electron chi connectivity index (χ1n) is 7.13. The van der Waals surface area contributed by atoms with Crippen LogP contribution in [-0.4, -0.2) is 12.6 Å². The maximum Gasteiger partial charge on any atom is 0.306 e. The lowest BCUT2D eigenvalue weighted by Gasteiger charge is -2.30. The quantitative estimate of drug-likeness (QED) is 0.758. The SMILES string of the molecule is CC1(C)C=CC=CC1CC(=O)OCCc1ccccc1. The molecule has 0 aromatic heterocycles. The average molecular weight is 270 g/mol. The molecule has 0 aliphatic heterocycles. The number of esters is 1. The van der Waals surface area contributed by atoms with Crippen molar-refractivity contribution in [3.63, 3.8) is 0 Å². The monoisotopic (exact) mass is 270 g/mol. The van der Waals surface area contributed by atoms with E-state index in [-0.39, 0.29) is 17.3 Å². The molecule has 2 nitrogen and oxygen atoms in total. The molecule has 0 amide bonds. The lowest BCUT2D eigenvalue weighted by Crippen LogP contribution is -2.25. The number of benzene rings is 1. The number of carbonyl (C=O) groups excluding carboxylic acids is 1. The highest BCUT2D eigenvalue weighted by atomic mass is 16.5. The predicted octanol–water partition coefficient (Wildman–Crippen LogP) is 3.93. The van der Waals surface area contributed by atoms with Crippen molar-refractivity contribution in [2.24, 2.45) is 11.3 Å². The molecule has 2 heteroatoms. The second-order valence-electron chi connectivity index (χ2n) is 5.83. The van der Waals surface area contributed by atoms with Crippen LogP contribution in [0, 0.1) is 11.3 Å². The summed E-state index contributed by atoms with van der Waals surface area (Å²) in [4.78, 5) is 11.9. The molecule has 0 spiro atoms. The van der Waals surface area contributed by atoms with Crippen LogP contribution in [0.4, 0.5) is 0 Å². The van der Waals surface area contributed by atoms with Gasteiger partial charge in [-0.05, 0) is 16.9 Å². The summed E-state index contributed by atoms with van der Waals surface area (Å²) >= 11 is 0. The first-order valence-corrected chi connectivity index (χ1v) is 7.13. The van der Waals surface area contributed by atoms with Gasteiger partial charge in [-0.15, -0.1) is 0 Å². The van der Waals surface area contributed by atoms with Crippen molar-refractivity contribution < 1.29 is 9.53 Å². The number of rotatable bonds is 5. The number of hydrogen-bond acceptors (Lipinski definition) is 2. The van der Waals surface area contributed by atoms with Gasteiger partial charge in [0.1, 0.15) is 0 Å². The molecule has 1 aromatic carbocycles. The van der Waals surface area contributed by atoms with E-state index in [1.54, 1.807) is 0 Å². The lowest BCUT2D eigenvalue weighted by atomic mass is 9.74. The largest absolute Gasteiger partial charge is 0.465 e. The van der Waals surface area contributed by atoms with Crippen molar-refractivity contribution in [3.8, 4) is 0 Å². The first-order chi connectivity index (χ1) is 9.58. The van der Waals surface area contributed by atoms with Crippen molar-refractivity contribution in [2.45, 2.75) is 26.7 Å². The van der Waals surface area contributed by atoms with Crippen LogP contribution in [0.25, 0.3) is 0 Å². The van der Waals surface area contributed by atoms with Gasteiger partial charge < -0.3 is 4.74 Å². The normalized spacial score (nSPS) is 19.8. The summed E-state index contributed by atoms with van der Waals surface area (Å²) in [6.07, 6.45) is 9.51. The highest BCUT2D eigenvalue weighted by Gasteiger charge is 2.28. The molecule has 0 heterocycles. The van der Waals surface area contributed by atoms with E-state index in [1.165, 1.54) is 5.56 Å². The predicted molar refractivity (Wildman–Crippen MR) is 81.3 cm³/mol. The molecule has 20 heavy (non-hydrogen) atoms. The highest BCUT2D eigenvalue weighted by Crippen LogP contribution is 2.34. The molecule has 1 aliphatic rings. The standard InChI is InChI=1S/C18H22O2/c1-18(2)12-7-6-10-16(18)14-17(19)20-13-11-15-8-4-3-5-9-15/h3-10,12,16H,11,13-14H2,1-2H3. The van der Waals surface area contributed by atoms with E-state index >= 15 is 0 Å². The Morgan fingerprint density at radius 1 is 1.20 bits per heavy atom. The third-order valence-corrected chi connectivity index (χ3v) is 3.82. The van der Waals surface area contributed by atoms with Gasteiger partial charge >= 0.3 is 5.97 Å². The molecule has 0 radical (unpaired) electrons. The summed E-state index contributed by atoms with van der Waals surface area (Å²) in [6.45, 7) is 4.75. The minimum Gasteiger partial charge on any atom is -0.465 e. The number of carbonyl (C=O) groups is 1. The van der Waals surface area contributed by atoms with Gasteiger partial charge in [-0.25, -0.2) is 0 Å². The molecule has 1 aromatic rings. The van der Waals surface area contributed by atoms with Crippen molar-refractivity contribution >= 4 is 5.97 Å². The summed E-state index contributed by atoms with van der Waals surface area (Å²) in [5, 5.41) is 0. The number of allylic oxidation sites excluding steroid dienone is 4. The van der Waals surface area contributed by atoms with Crippen LogP contribution in [0.5, 0.6) is 0 Å². The van der Waals surface area contributed by atoms with Gasteiger partial charge in [0, 0.05) is 6.42 Å². The van der Waals surface area contributed by atoms with E-state index in [4.69, 9.17) is 4.74 Å². The van der Waals surface area contributed by atoms with Gasteiger partial charge in [0.25, 0.3) is 0 Å². The molecule has 0 bridgehead atoms. The fourth-order valence-corrected chi connectivity index (χ4v) is 2.37. The van der Waals surface area contributed by atoms with Gasteiger partial charge in [-0.1, -0.05) is 68.5 Å². The lowest BCUT2D eigenvalue weighted by molar-refractivity contribution is -0.144. The van der Waals surface area contributed by atoms with Crippen molar-refractivity contribution in [3.05, 3.63) is 60.2 Å². The minimum atomic E-state index is -0.112. The van der Waals surface area contributed by atoms with Gasteiger partial charge in [-0.2, -0.15) is 0 Å². The smallest absolute Gasteiger partial charge is 0.306 e. The molecule has 0 saturated carbocycles. The molecule has 106 valence electrons. The average Bonchev–Trinajstić information content (AvgIpc) is 2.42. The molecule has 0 saturated heterocycles. The van der Waals surface area contributed by atoms with Crippen LogP contribution < -0.4 is 0 Å². The van der Waals surface area contributed by atoms with Crippen molar-refractivity contribution in [1.82, 2.24) is 0 Å². The van der Waals surface area contributed by atoms with Gasteiger partial charge in [0.15, 0.2) is 0 Å². The van der Waals surface area contributed by atoms with E-state index in [0.29, 0.717) is 13.0 Å². The topological polar surface area (TPSA) is 26.3 Å². The summed E-state index contributed by atoms with van der Waals surface area (Å²) in [5.74, 6) is 0.107. The Balaban J connectivity index is 1.76. The summed E-state index contributed by atoms with van der Waals surface area (Å²) < 4.78 is 5.35. The molecular formula is C18H22O2. The van der Waals surface area contributed by atoms with Crippen molar-refractivity contribution in [1.29, 1.82) is 0 Å². The number of ether oxygens (including phenoxy) is 1. The molecule has 1 aliphatic carbocycles. The van der Waals surface area contributed by atoms with E-state index in [1.807, 2.05) is 42.5 Å². The van der Waals surface area contributed by atoms with Crippen LogP contribution >= 0.6 is 0 Å². The van der Waals surface area contributed by atoms with E-state index in [9.17, 15) is 4.79 Å². The number of hydrogen-bond donors (Lipinski definition) is 0. The first kappa shape index (κ1) is 14.6. The summed E-state index contributed by atoms with van der Waals surface area (Å²) in [6, 6.07) is 10.1. The fraction of sp³-hybridized carbons (Fsp3) is 0.389. The Kier molecular flexibility index (Phi) is 4.78. The van der Waals surface area contributed by atoms with E-state index in [2.05, 4.69) is 26.0 Å². The maximum atomic E-state index is 11.9. The molecule has 0 fully saturated rings. The van der Waals surface area contributed by atoms with E-state index < -0.39 is 0 Å². The van der Waals surface area contributed by atoms with Crippen molar-refractivity contribution in [2.75, 3.05) is 6.61 Å². The molecule has 2 rings (SSSR count). The second kappa shape index (κ2) is 6.56. The Labute approximate surface area is 121 Å². The molecular weight excluding hydrogens is 248 g/mol. The maximum absolute atomic E-state index is 11.9. The Morgan fingerprint density at radius 2 is 1.95 bits per heavy atom. The zero-order valence-corrected chi connectivity index (χ0v) is 12.2. The minimum absolute atomic E-state index is 0.0210. The Hall–Kier alpha value is -1.83. The third kappa shape index (κ3) is 4.09. The third-order valence-electron chi connectivity index (χ3n) is 3.82.